The number of rotatable bonds is 5. The first-order chi connectivity index (χ1) is 14.9. The highest BCUT2D eigenvalue weighted by Crippen LogP contribution is 2.25. The molecule has 1 fully saturated rings. The van der Waals surface area contributed by atoms with E-state index in [1.807, 2.05) is 0 Å². The van der Waals surface area contributed by atoms with Crippen LogP contribution in [0.5, 0.6) is 0 Å². The zero-order valence-electron chi connectivity index (χ0n) is 16.5. The Labute approximate surface area is 185 Å². The molecule has 0 radical (unpaired) electrons. The molecule has 0 aliphatic carbocycles. The molecule has 31 heavy (non-hydrogen) atoms. The second-order valence-corrected chi connectivity index (χ2v) is 9.25. The number of aromatic nitrogens is 1. The molecule has 1 aliphatic heterocycles. The molecule has 160 valence electrons. The van der Waals surface area contributed by atoms with Gasteiger partial charge in [0.25, 0.3) is 5.91 Å². The second-order valence-electron chi connectivity index (χ2n) is 6.91. The van der Waals surface area contributed by atoms with Gasteiger partial charge in [-0.2, -0.15) is 4.31 Å². The largest absolute Gasteiger partial charge is 0.379 e. The number of nitrogens with one attached hydrogen (secondary N) is 1. The molecule has 1 aliphatic rings. The van der Waals surface area contributed by atoms with Crippen LogP contribution in [0.15, 0.2) is 71.8 Å². The first-order valence-electron chi connectivity index (χ1n) is 9.65. The van der Waals surface area contributed by atoms with Crippen LogP contribution in [0.4, 0.5) is 5.69 Å². The van der Waals surface area contributed by atoms with Gasteiger partial charge in [-0.25, -0.2) is 8.42 Å². The van der Waals surface area contributed by atoms with E-state index in [4.69, 9.17) is 16.3 Å². The first-order valence-corrected chi connectivity index (χ1v) is 11.5. The Morgan fingerprint density at radius 1 is 1.00 bits per heavy atom. The molecule has 1 saturated heterocycles. The van der Waals surface area contributed by atoms with Crippen LogP contribution < -0.4 is 5.32 Å². The fourth-order valence-electron chi connectivity index (χ4n) is 3.23. The standard InChI is InChI=1S/C22H20ClN3O4S/c23-20-2-1-11-24-21(20)16-3-5-17(6-4-16)22(27)25-18-7-9-19(10-8-18)31(28,29)26-12-14-30-15-13-26/h1-11H,12-15H2,(H,25,27). The van der Waals surface area contributed by atoms with Gasteiger partial charge in [-0.3, -0.25) is 9.78 Å². The highest BCUT2D eigenvalue weighted by atomic mass is 35.5. The number of hydrogen-bond acceptors (Lipinski definition) is 5. The number of nitrogens with zero attached hydrogens (tertiary/aromatic N) is 2. The fraction of sp³-hybridized carbons (Fsp3) is 0.182. The third kappa shape index (κ3) is 4.77. The SMILES string of the molecule is O=C(Nc1ccc(S(=O)(=O)N2CCOCC2)cc1)c1ccc(-c2ncccc2Cl)cc1. The van der Waals surface area contributed by atoms with Gasteiger partial charge < -0.3 is 10.1 Å². The minimum atomic E-state index is -3.57. The Bertz CT molecular complexity index is 1180. The Morgan fingerprint density at radius 2 is 1.68 bits per heavy atom. The summed E-state index contributed by atoms with van der Waals surface area (Å²) in [6.07, 6.45) is 1.66. The summed E-state index contributed by atoms with van der Waals surface area (Å²) in [4.78, 5) is 17.0. The van der Waals surface area contributed by atoms with Crippen molar-refractivity contribution < 1.29 is 17.9 Å². The second kappa shape index (κ2) is 9.15. The van der Waals surface area contributed by atoms with Crippen molar-refractivity contribution in [1.82, 2.24) is 9.29 Å². The van der Waals surface area contributed by atoms with Gasteiger partial charge in [-0.15, -0.1) is 0 Å². The lowest BCUT2D eigenvalue weighted by molar-refractivity contribution is 0.0730. The van der Waals surface area contributed by atoms with Crippen LogP contribution in [0.25, 0.3) is 11.3 Å². The number of benzene rings is 2. The first kappa shape index (κ1) is 21.5. The van der Waals surface area contributed by atoms with Gasteiger partial charge in [0, 0.05) is 36.1 Å². The van der Waals surface area contributed by atoms with E-state index >= 15 is 0 Å². The number of ether oxygens (including phenoxy) is 1. The maximum atomic E-state index is 12.7. The molecule has 0 unspecified atom stereocenters. The molecular weight excluding hydrogens is 438 g/mol. The van der Waals surface area contributed by atoms with Crippen molar-refractivity contribution in [1.29, 1.82) is 0 Å². The minimum absolute atomic E-state index is 0.184. The summed E-state index contributed by atoms with van der Waals surface area (Å²) in [6, 6.07) is 16.6. The summed E-state index contributed by atoms with van der Waals surface area (Å²) in [5.41, 5.74) is 2.41. The van der Waals surface area contributed by atoms with Crippen molar-refractivity contribution in [3.63, 3.8) is 0 Å². The number of pyridine rings is 1. The van der Waals surface area contributed by atoms with E-state index < -0.39 is 10.0 Å². The average molecular weight is 458 g/mol. The summed E-state index contributed by atoms with van der Waals surface area (Å²) >= 11 is 6.17. The van der Waals surface area contributed by atoms with E-state index in [-0.39, 0.29) is 10.8 Å². The Morgan fingerprint density at radius 3 is 2.32 bits per heavy atom. The normalized spacial score (nSPS) is 14.9. The molecule has 4 rings (SSSR count). The van der Waals surface area contributed by atoms with E-state index in [1.54, 1.807) is 54.7 Å². The highest BCUT2D eigenvalue weighted by Gasteiger charge is 2.26. The van der Waals surface area contributed by atoms with Crippen LogP contribution in [0.3, 0.4) is 0 Å². The smallest absolute Gasteiger partial charge is 0.255 e. The third-order valence-corrected chi connectivity index (χ3v) is 7.12. The van der Waals surface area contributed by atoms with Gasteiger partial charge in [-0.1, -0.05) is 23.7 Å². The molecular formula is C22H20ClN3O4S. The maximum absolute atomic E-state index is 12.7. The van der Waals surface area contributed by atoms with Crippen molar-refractivity contribution in [3.8, 4) is 11.3 Å². The van der Waals surface area contributed by atoms with Crippen LogP contribution >= 0.6 is 11.6 Å². The number of anilines is 1. The van der Waals surface area contributed by atoms with Crippen LogP contribution in [0.2, 0.25) is 5.02 Å². The Kier molecular flexibility index (Phi) is 6.33. The molecule has 2 aromatic carbocycles. The zero-order chi connectivity index (χ0) is 21.8. The van der Waals surface area contributed by atoms with Crippen molar-refractivity contribution in [2.75, 3.05) is 31.6 Å². The summed E-state index contributed by atoms with van der Waals surface area (Å²) in [5.74, 6) is -0.303. The van der Waals surface area contributed by atoms with Gasteiger partial charge in [0.05, 0.1) is 28.8 Å². The number of sulfonamides is 1. The van der Waals surface area contributed by atoms with E-state index in [0.29, 0.717) is 48.3 Å². The maximum Gasteiger partial charge on any atom is 0.255 e. The Balaban J connectivity index is 1.44. The number of carbonyl (C=O) groups is 1. The van der Waals surface area contributed by atoms with E-state index in [9.17, 15) is 13.2 Å². The number of halogens is 1. The highest BCUT2D eigenvalue weighted by molar-refractivity contribution is 7.89. The van der Waals surface area contributed by atoms with Crippen molar-refractivity contribution in [2.45, 2.75) is 4.90 Å². The number of amides is 1. The van der Waals surface area contributed by atoms with Gasteiger partial charge in [0.2, 0.25) is 10.0 Å². The van der Waals surface area contributed by atoms with Crippen LogP contribution in [-0.4, -0.2) is 49.9 Å². The Hall–Kier alpha value is -2.78. The predicted octanol–water partition coefficient (Wildman–Crippen LogP) is 3.68. The molecule has 7 nitrogen and oxygen atoms in total. The molecule has 0 bridgehead atoms. The molecule has 9 heteroatoms. The summed E-state index contributed by atoms with van der Waals surface area (Å²) < 4.78 is 32.0. The lowest BCUT2D eigenvalue weighted by Crippen LogP contribution is -2.40. The molecule has 0 saturated carbocycles. The molecule has 2 heterocycles. The van der Waals surface area contributed by atoms with Crippen LogP contribution in [-0.2, 0) is 14.8 Å². The molecule has 1 amide bonds. The van der Waals surface area contributed by atoms with E-state index in [1.165, 1.54) is 16.4 Å². The summed E-state index contributed by atoms with van der Waals surface area (Å²) in [7, 11) is -3.57. The molecule has 1 N–H and O–H groups in total. The summed E-state index contributed by atoms with van der Waals surface area (Å²) in [6.45, 7) is 1.44. The monoisotopic (exact) mass is 457 g/mol. The molecule has 0 spiro atoms. The number of carbonyl (C=O) groups excluding carboxylic acids is 1. The van der Waals surface area contributed by atoms with Gasteiger partial charge in [0.15, 0.2) is 0 Å². The third-order valence-electron chi connectivity index (χ3n) is 4.90. The van der Waals surface area contributed by atoms with Crippen molar-refractivity contribution >= 4 is 33.2 Å². The lowest BCUT2D eigenvalue weighted by Gasteiger charge is -2.26. The topological polar surface area (TPSA) is 88.6 Å². The lowest BCUT2D eigenvalue weighted by atomic mass is 10.1. The average Bonchev–Trinajstić information content (AvgIpc) is 2.80. The number of morpholine rings is 1. The van der Waals surface area contributed by atoms with Crippen molar-refractivity contribution in [3.05, 3.63) is 77.4 Å². The molecule has 1 aromatic heterocycles. The summed E-state index contributed by atoms with van der Waals surface area (Å²) in [5, 5.41) is 3.31. The van der Waals surface area contributed by atoms with E-state index in [0.717, 1.165) is 5.56 Å². The van der Waals surface area contributed by atoms with Crippen molar-refractivity contribution in [2.24, 2.45) is 0 Å². The van der Waals surface area contributed by atoms with Crippen LogP contribution in [0, 0.1) is 0 Å². The molecule has 3 aromatic rings. The van der Waals surface area contributed by atoms with E-state index in [2.05, 4.69) is 10.3 Å². The fourth-order valence-corrected chi connectivity index (χ4v) is 4.87. The van der Waals surface area contributed by atoms with Gasteiger partial charge in [0.1, 0.15) is 0 Å². The van der Waals surface area contributed by atoms with Gasteiger partial charge in [-0.05, 0) is 48.5 Å². The number of hydrogen-bond donors (Lipinski definition) is 1. The van der Waals surface area contributed by atoms with Gasteiger partial charge >= 0.3 is 0 Å². The predicted molar refractivity (Wildman–Crippen MR) is 119 cm³/mol. The quantitative estimate of drug-likeness (QED) is 0.631. The van der Waals surface area contributed by atoms with Crippen LogP contribution in [0.1, 0.15) is 10.4 Å². The molecule has 0 atom stereocenters. The zero-order valence-corrected chi connectivity index (χ0v) is 18.1. The minimum Gasteiger partial charge on any atom is -0.379 e.